The minimum Gasteiger partial charge on any atom is -0.460 e. The van der Waals surface area contributed by atoms with Crippen LogP contribution in [-0.4, -0.2) is 50.0 Å². The van der Waals surface area contributed by atoms with Crippen LogP contribution in [-0.2, 0) is 14.3 Å². The third-order valence-corrected chi connectivity index (χ3v) is 6.97. The number of benzene rings is 1. The summed E-state index contributed by atoms with van der Waals surface area (Å²) in [6, 6.07) is 12.3. The van der Waals surface area contributed by atoms with Crippen molar-refractivity contribution >= 4 is 36.9 Å². The van der Waals surface area contributed by atoms with Gasteiger partial charge in [-0.2, -0.15) is 0 Å². The molecule has 5 nitrogen and oxygen atoms in total. The number of halogens is 2. The zero-order valence-electron chi connectivity index (χ0n) is 23.0. The van der Waals surface area contributed by atoms with E-state index < -0.39 is 11.0 Å². The molecular weight excluding hydrogens is 495 g/mol. The van der Waals surface area contributed by atoms with Crippen LogP contribution in [0.5, 0.6) is 0 Å². The van der Waals surface area contributed by atoms with Crippen LogP contribution in [0.2, 0.25) is 0 Å². The van der Waals surface area contributed by atoms with Crippen molar-refractivity contribution in [1.29, 1.82) is 0 Å². The Morgan fingerprint density at radius 1 is 1.00 bits per heavy atom. The van der Waals surface area contributed by atoms with E-state index in [1.54, 1.807) is 7.11 Å². The van der Waals surface area contributed by atoms with Gasteiger partial charge in [0.1, 0.15) is 5.60 Å². The SMILES string of the molecule is COCC/C(=C\c1ccccc1)C1CC1NC1CCC(NCC(C)(C)C(=O)OC(C)(C)C)CC1.Cl.Cl. The lowest BCUT2D eigenvalue weighted by Crippen LogP contribution is -2.46. The van der Waals surface area contributed by atoms with E-state index in [2.05, 4.69) is 47.0 Å². The molecule has 36 heavy (non-hydrogen) atoms. The summed E-state index contributed by atoms with van der Waals surface area (Å²) < 4.78 is 11.0. The van der Waals surface area contributed by atoms with Crippen LogP contribution in [0.25, 0.3) is 6.08 Å². The summed E-state index contributed by atoms with van der Waals surface area (Å²) in [4.78, 5) is 12.5. The average molecular weight is 544 g/mol. The van der Waals surface area contributed by atoms with Gasteiger partial charge in [0.15, 0.2) is 0 Å². The molecule has 2 saturated carbocycles. The van der Waals surface area contributed by atoms with Crippen molar-refractivity contribution in [2.24, 2.45) is 11.3 Å². The second-order valence-electron chi connectivity index (χ2n) is 11.8. The average Bonchev–Trinajstić information content (AvgIpc) is 3.54. The van der Waals surface area contributed by atoms with Crippen molar-refractivity contribution < 1.29 is 14.3 Å². The molecule has 2 aliphatic carbocycles. The lowest BCUT2D eigenvalue weighted by Gasteiger charge is -2.33. The van der Waals surface area contributed by atoms with Gasteiger partial charge in [0.25, 0.3) is 0 Å². The molecule has 2 fully saturated rings. The number of carbonyl (C=O) groups is 1. The van der Waals surface area contributed by atoms with Crippen molar-refractivity contribution in [3.05, 3.63) is 41.5 Å². The van der Waals surface area contributed by atoms with Crippen LogP contribution in [0, 0.1) is 11.3 Å². The number of hydrogen-bond donors (Lipinski definition) is 2. The van der Waals surface area contributed by atoms with Gasteiger partial charge in [-0.15, -0.1) is 24.8 Å². The molecule has 1 aromatic carbocycles. The van der Waals surface area contributed by atoms with Gasteiger partial charge in [0.05, 0.1) is 5.41 Å². The van der Waals surface area contributed by atoms with Crippen LogP contribution in [0.15, 0.2) is 35.9 Å². The van der Waals surface area contributed by atoms with E-state index in [0.29, 0.717) is 30.6 Å². The smallest absolute Gasteiger partial charge is 0.313 e. The minimum atomic E-state index is -0.521. The Labute approximate surface area is 231 Å². The summed E-state index contributed by atoms with van der Waals surface area (Å²) in [7, 11) is 1.78. The summed E-state index contributed by atoms with van der Waals surface area (Å²) in [6.45, 7) is 11.1. The number of nitrogens with one attached hydrogen (secondary N) is 2. The maximum Gasteiger partial charge on any atom is 0.313 e. The van der Waals surface area contributed by atoms with Crippen LogP contribution in [0.4, 0.5) is 0 Å². The molecule has 0 aromatic heterocycles. The zero-order chi connectivity index (χ0) is 24.8. The second-order valence-corrected chi connectivity index (χ2v) is 11.8. The van der Waals surface area contributed by atoms with Crippen molar-refractivity contribution in [1.82, 2.24) is 10.6 Å². The van der Waals surface area contributed by atoms with Crippen molar-refractivity contribution in [2.45, 2.75) is 96.9 Å². The Bertz CT molecular complexity index is 816. The molecule has 1 aromatic rings. The Hall–Kier alpha value is -1.11. The number of carbonyl (C=O) groups excluding carboxylic acids is 1. The van der Waals surface area contributed by atoms with Gasteiger partial charge in [-0.25, -0.2) is 0 Å². The number of ether oxygens (including phenoxy) is 2. The van der Waals surface area contributed by atoms with Gasteiger partial charge >= 0.3 is 5.97 Å². The van der Waals surface area contributed by atoms with Gasteiger partial charge < -0.3 is 20.1 Å². The first kappa shape index (κ1) is 32.9. The van der Waals surface area contributed by atoms with E-state index in [-0.39, 0.29) is 30.8 Å². The molecular formula is C29H48Cl2N2O3. The molecule has 0 heterocycles. The first-order chi connectivity index (χ1) is 16.1. The summed E-state index contributed by atoms with van der Waals surface area (Å²) in [5.74, 6) is 0.497. The second kappa shape index (κ2) is 14.7. The highest BCUT2D eigenvalue weighted by atomic mass is 35.5. The lowest BCUT2D eigenvalue weighted by molar-refractivity contribution is -0.165. The maximum absolute atomic E-state index is 12.5. The molecule has 0 aliphatic heterocycles. The molecule has 206 valence electrons. The largest absolute Gasteiger partial charge is 0.460 e. The predicted octanol–water partition coefficient (Wildman–Crippen LogP) is 6.20. The van der Waals surface area contributed by atoms with Crippen molar-refractivity contribution in [3.8, 4) is 0 Å². The third-order valence-electron chi connectivity index (χ3n) is 6.97. The van der Waals surface area contributed by atoms with E-state index in [9.17, 15) is 4.79 Å². The van der Waals surface area contributed by atoms with Crippen LogP contribution < -0.4 is 10.6 Å². The molecule has 2 unspecified atom stereocenters. The van der Waals surface area contributed by atoms with Crippen LogP contribution in [0.1, 0.15) is 78.7 Å². The Balaban J connectivity index is 0.00000324. The van der Waals surface area contributed by atoms with E-state index in [4.69, 9.17) is 9.47 Å². The van der Waals surface area contributed by atoms with E-state index in [0.717, 1.165) is 25.9 Å². The molecule has 0 radical (unpaired) electrons. The summed E-state index contributed by atoms with van der Waals surface area (Å²) in [5, 5.41) is 7.58. The van der Waals surface area contributed by atoms with Crippen LogP contribution >= 0.6 is 24.8 Å². The quantitative estimate of drug-likeness (QED) is 0.326. The summed E-state index contributed by atoms with van der Waals surface area (Å²) in [6.07, 6.45) is 9.25. The lowest BCUT2D eigenvalue weighted by atomic mass is 9.88. The first-order valence-electron chi connectivity index (χ1n) is 13.0. The standard InChI is InChI=1S/C29H46N2O3.2ClH/c1-28(2,3)34-27(32)29(4,5)20-30-23-12-14-24(15-13-23)31-26-19-25(26)22(16-17-33-6)18-21-10-8-7-9-11-21;;/h7-11,18,23-26,30-31H,12-17,19-20H2,1-6H3;2*1H/b22-18+;;. The highest BCUT2D eigenvalue weighted by molar-refractivity contribution is 5.85. The zero-order valence-corrected chi connectivity index (χ0v) is 24.6. The van der Waals surface area contributed by atoms with E-state index in [1.807, 2.05) is 34.6 Å². The maximum atomic E-state index is 12.5. The number of methoxy groups -OCH3 is 1. The Kier molecular flexibility index (Phi) is 13.5. The molecule has 7 heteroatoms. The number of rotatable bonds is 11. The molecule has 0 bridgehead atoms. The normalized spacial score (nSPS) is 24.3. The van der Waals surface area contributed by atoms with Crippen molar-refractivity contribution in [3.63, 3.8) is 0 Å². The molecule has 0 amide bonds. The van der Waals surface area contributed by atoms with Gasteiger partial charge in [-0.3, -0.25) is 4.79 Å². The van der Waals surface area contributed by atoms with Gasteiger partial charge in [0.2, 0.25) is 0 Å². The fourth-order valence-electron chi connectivity index (χ4n) is 4.79. The predicted molar refractivity (Wildman–Crippen MR) is 154 cm³/mol. The molecule has 2 N–H and O–H groups in total. The van der Waals surface area contributed by atoms with Crippen molar-refractivity contribution in [2.75, 3.05) is 20.3 Å². The number of esters is 1. The van der Waals surface area contributed by atoms with E-state index >= 15 is 0 Å². The molecule has 2 aliphatic rings. The number of hydrogen-bond acceptors (Lipinski definition) is 5. The minimum absolute atomic E-state index is 0. The van der Waals surface area contributed by atoms with Gasteiger partial charge in [-0.1, -0.05) is 42.0 Å². The Morgan fingerprint density at radius 3 is 2.19 bits per heavy atom. The van der Waals surface area contributed by atoms with Gasteiger partial charge in [0, 0.05) is 38.4 Å². The van der Waals surface area contributed by atoms with E-state index in [1.165, 1.54) is 30.4 Å². The Morgan fingerprint density at radius 2 is 1.61 bits per heavy atom. The highest BCUT2D eigenvalue weighted by Crippen LogP contribution is 2.41. The van der Waals surface area contributed by atoms with Gasteiger partial charge in [-0.05, 0) is 84.6 Å². The molecule has 0 saturated heterocycles. The fourth-order valence-corrected chi connectivity index (χ4v) is 4.79. The summed E-state index contributed by atoms with van der Waals surface area (Å²) >= 11 is 0. The molecule has 0 spiro atoms. The third kappa shape index (κ3) is 10.7. The fraction of sp³-hybridized carbons (Fsp3) is 0.690. The monoisotopic (exact) mass is 542 g/mol. The topological polar surface area (TPSA) is 59.6 Å². The molecule has 3 rings (SSSR count). The van der Waals surface area contributed by atoms with Crippen LogP contribution in [0.3, 0.4) is 0 Å². The molecule has 2 atom stereocenters. The first-order valence-corrected chi connectivity index (χ1v) is 13.0. The summed E-state index contributed by atoms with van der Waals surface area (Å²) in [5.41, 5.74) is 1.82. The highest BCUT2D eigenvalue weighted by Gasteiger charge is 2.41.